The standard InChI is InChI=1S/C24H25N7O/c1-32-22-7-6-18(13-21(22)30-9-2-3-10-30)28-23-24-27-8-11-31(24)15-20(29-23)16-4-5-17(14-25)19(26)12-16/h4-8,11-15,25H,2-3,9-10,26H2,1H3,(H,28,29). The van der Waals surface area contributed by atoms with Gasteiger partial charge in [-0.3, -0.25) is 0 Å². The van der Waals surface area contributed by atoms with Gasteiger partial charge >= 0.3 is 0 Å². The zero-order chi connectivity index (χ0) is 22.1. The molecule has 0 radical (unpaired) electrons. The van der Waals surface area contributed by atoms with Gasteiger partial charge in [-0.15, -0.1) is 0 Å². The lowest BCUT2D eigenvalue weighted by Crippen LogP contribution is -2.18. The molecule has 1 aliphatic heterocycles. The molecule has 0 bridgehead atoms. The van der Waals surface area contributed by atoms with Crippen molar-refractivity contribution in [2.24, 2.45) is 0 Å². The molecule has 0 aliphatic carbocycles. The Morgan fingerprint density at radius 3 is 2.75 bits per heavy atom. The Morgan fingerprint density at radius 2 is 2.00 bits per heavy atom. The summed E-state index contributed by atoms with van der Waals surface area (Å²) in [4.78, 5) is 11.7. The maximum Gasteiger partial charge on any atom is 0.180 e. The van der Waals surface area contributed by atoms with E-state index in [0.717, 1.165) is 47.1 Å². The number of nitrogens with two attached hydrogens (primary N) is 1. The number of hydrogen-bond acceptors (Lipinski definition) is 7. The normalized spacial score (nSPS) is 13.5. The zero-order valence-corrected chi connectivity index (χ0v) is 17.9. The Hall–Kier alpha value is -4.07. The van der Waals surface area contributed by atoms with Crippen LogP contribution >= 0.6 is 0 Å². The highest BCUT2D eigenvalue weighted by molar-refractivity contribution is 5.87. The summed E-state index contributed by atoms with van der Waals surface area (Å²) in [7, 11) is 1.70. The number of benzene rings is 2. The maximum absolute atomic E-state index is 7.46. The van der Waals surface area contributed by atoms with Gasteiger partial charge in [-0.05, 0) is 37.1 Å². The fourth-order valence-electron chi connectivity index (χ4n) is 4.13. The van der Waals surface area contributed by atoms with Gasteiger partial charge in [0.05, 0.1) is 18.5 Å². The Bertz CT molecular complexity index is 1290. The molecule has 2 aromatic carbocycles. The van der Waals surface area contributed by atoms with E-state index in [1.807, 2.05) is 47.1 Å². The predicted molar refractivity (Wildman–Crippen MR) is 128 cm³/mol. The molecule has 3 heterocycles. The van der Waals surface area contributed by atoms with Crippen LogP contribution in [0.15, 0.2) is 55.0 Å². The summed E-state index contributed by atoms with van der Waals surface area (Å²) in [6.45, 7) is 2.07. The molecule has 162 valence electrons. The van der Waals surface area contributed by atoms with Gasteiger partial charge in [0.25, 0.3) is 0 Å². The van der Waals surface area contributed by atoms with Gasteiger partial charge in [-0.2, -0.15) is 0 Å². The van der Waals surface area contributed by atoms with Crippen LogP contribution in [-0.2, 0) is 0 Å². The van der Waals surface area contributed by atoms with Crippen molar-refractivity contribution in [3.05, 3.63) is 60.6 Å². The van der Waals surface area contributed by atoms with Crippen LogP contribution in [0.4, 0.5) is 22.9 Å². The van der Waals surface area contributed by atoms with Crippen molar-refractivity contribution in [1.29, 1.82) is 5.41 Å². The SMILES string of the molecule is COc1ccc(Nc2nc(-c3ccc(C=N)c(N)c3)cn3ccnc23)cc1N1CCCC1. The Labute approximate surface area is 186 Å². The smallest absolute Gasteiger partial charge is 0.180 e. The van der Waals surface area contributed by atoms with Gasteiger partial charge in [0.2, 0.25) is 0 Å². The first-order valence-electron chi connectivity index (χ1n) is 10.6. The van der Waals surface area contributed by atoms with Crippen LogP contribution in [0.2, 0.25) is 0 Å². The average molecular weight is 428 g/mol. The number of aromatic nitrogens is 3. The first-order chi connectivity index (χ1) is 15.7. The number of methoxy groups -OCH3 is 1. The number of imidazole rings is 1. The molecular weight excluding hydrogens is 402 g/mol. The average Bonchev–Trinajstić information content (AvgIpc) is 3.51. The number of nitrogens with one attached hydrogen (secondary N) is 2. The third kappa shape index (κ3) is 3.60. The van der Waals surface area contributed by atoms with Crippen molar-refractivity contribution in [2.45, 2.75) is 12.8 Å². The van der Waals surface area contributed by atoms with Gasteiger partial charge in [0.1, 0.15) is 5.75 Å². The van der Waals surface area contributed by atoms with E-state index < -0.39 is 0 Å². The topological polar surface area (TPSA) is 105 Å². The molecule has 0 atom stereocenters. The van der Waals surface area contributed by atoms with Crippen molar-refractivity contribution in [3.8, 4) is 17.0 Å². The predicted octanol–water partition coefficient (Wildman–Crippen LogP) is 4.33. The largest absolute Gasteiger partial charge is 0.495 e. The van der Waals surface area contributed by atoms with Crippen LogP contribution in [-0.4, -0.2) is 40.8 Å². The van der Waals surface area contributed by atoms with Crippen LogP contribution in [0.25, 0.3) is 16.9 Å². The van der Waals surface area contributed by atoms with Crippen LogP contribution < -0.4 is 20.7 Å². The number of nitrogen functional groups attached to an aromatic ring is 1. The molecule has 1 saturated heterocycles. The van der Waals surface area contributed by atoms with Crippen molar-refractivity contribution in [1.82, 2.24) is 14.4 Å². The summed E-state index contributed by atoms with van der Waals surface area (Å²) < 4.78 is 7.54. The van der Waals surface area contributed by atoms with E-state index in [9.17, 15) is 0 Å². The minimum atomic E-state index is 0.546. The van der Waals surface area contributed by atoms with Crippen LogP contribution in [0.5, 0.6) is 5.75 Å². The Morgan fingerprint density at radius 1 is 1.16 bits per heavy atom. The van der Waals surface area contributed by atoms with Gasteiger partial charge in [0, 0.05) is 60.4 Å². The second kappa shape index (κ2) is 8.22. The monoisotopic (exact) mass is 427 g/mol. The molecule has 1 aliphatic rings. The lowest BCUT2D eigenvalue weighted by molar-refractivity contribution is 0.415. The van der Waals surface area contributed by atoms with Crippen LogP contribution in [0.3, 0.4) is 0 Å². The lowest BCUT2D eigenvalue weighted by atomic mass is 10.1. The molecule has 0 saturated carbocycles. The molecule has 8 heteroatoms. The zero-order valence-electron chi connectivity index (χ0n) is 17.9. The fraction of sp³-hybridized carbons (Fsp3) is 0.208. The molecule has 0 amide bonds. The van der Waals surface area contributed by atoms with E-state index in [4.69, 9.17) is 20.9 Å². The summed E-state index contributed by atoms with van der Waals surface area (Å²) >= 11 is 0. The molecule has 4 N–H and O–H groups in total. The lowest BCUT2D eigenvalue weighted by Gasteiger charge is -2.21. The first kappa shape index (κ1) is 19.9. The van der Waals surface area contributed by atoms with E-state index in [-0.39, 0.29) is 0 Å². The first-order valence-corrected chi connectivity index (χ1v) is 10.6. The number of hydrogen-bond donors (Lipinski definition) is 3. The van der Waals surface area contributed by atoms with Gasteiger partial charge < -0.3 is 30.5 Å². The summed E-state index contributed by atoms with van der Waals surface area (Å²) in [5, 5.41) is 10.9. The van der Waals surface area contributed by atoms with E-state index >= 15 is 0 Å². The van der Waals surface area contributed by atoms with Crippen molar-refractivity contribution in [3.63, 3.8) is 0 Å². The van der Waals surface area contributed by atoms with Gasteiger partial charge in [0.15, 0.2) is 11.5 Å². The number of rotatable bonds is 6. The molecular formula is C24H25N7O. The molecule has 32 heavy (non-hydrogen) atoms. The molecule has 1 fully saturated rings. The molecule has 4 aromatic rings. The minimum absolute atomic E-state index is 0.546. The van der Waals surface area contributed by atoms with Gasteiger partial charge in [-0.25, -0.2) is 9.97 Å². The highest BCUT2D eigenvalue weighted by atomic mass is 16.5. The third-order valence-corrected chi connectivity index (χ3v) is 5.80. The van der Waals surface area contributed by atoms with Crippen molar-refractivity contribution >= 4 is 34.7 Å². The second-order valence-electron chi connectivity index (χ2n) is 7.83. The second-order valence-corrected chi connectivity index (χ2v) is 7.83. The van der Waals surface area contributed by atoms with Gasteiger partial charge in [-0.1, -0.05) is 12.1 Å². The van der Waals surface area contributed by atoms with E-state index in [0.29, 0.717) is 17.1 Å². The molecule has 2 aromatic heterocycles. The molecule has 8 nitrogen and oxygen atoms in total. The van der Waals surface area contributed by atoms with Crippen molar-refractivity contribution in [2.75, 3.05) is 36.1 Å². The number of anilines is 4. The summed E-state index contributed by atoms with van der Waals surface area (Å²) in [6, 6.07) is 11.7. The fourth-order valence-corrected chi connectivity index (χ4v) is 4.13. The third-order valence-electron chi connectivity index (χ3n) is 5.80. The van der Waals surface area contributed by atoms with Crippen molar-refractivity contribution < 1.29 is 4.74 Å². The van der Waals surface area contributed by atoms with E-state index in [1.54, 1.807) is 13.3 Å². The Balaban J connectivity index is 1.55. The van der Waals surface area contributed by atoms with E-state index in [2.05, 4.69) is 21.3 Å². The Kier molecular flexibility index (Phi) is 5.10. The number of ether oxygens (including phenoxy) is 1. The van der Waals surface area contributed by atoms with Crippen LogP contribution in [0, 0.1) is 5.41 Å². The minimum Gasteiger partial charge on any atom is -0.495 e. The molecule has 5 rings (SSSR count). The molecule has 0 spiro atoms. The quantitative estimate of drug-likeness (QED) is 0.313. The summed E-state index contributed by atoms with van der Waals surface area (Å²) in [6.07, 6.45) is 9.21. The maximum atomic E-state index is 7.46. The van der Waals surface area contributed by atoms with Crippen LogP contribution in [0.1, 0.15) is 18.4 Å². The summed E-state index contributed by atoms with van der Waals surface area (Å²) in [5.74, 6) is 1.52. The molecule has 0 unspecified atom stereocenters. The summed E-state index contributed by atoms with van der Waals surface area (Å²) in [5.41, 5.74) is 11.7. The highest BCUT2D eigenvalue weighted by Gasteiger charge is 2.18. The number of nitrogens with zero attached hydrogens (tertiary/aromatic N) is 4. The number of fused-ring (bicyclic) bond motifs is 1. The highest BCUT2D eigenvalue weighted by Crippen LogP contribution is 2.35. The van der Waals surface area contributed by atoms with E-state index in [1.165, 1.54) is 19.1 Å².